The first kappa shape index (κ1) is 12.3. The Hall–Kier alpha value is -1.45. The molecule has 2 saturated heterocycles. The lowest BCUT2D eigenvalue weighted by Crippen LogP contribution is -2.54. The molecule has 0 aliphatic carbocycles. The van der Waals surface area contributed by atoms with Crippen molar-refractivity contribution in [3.8, 4) is 0 Å². The van der Waals surface area contributed by atoms with E-state index >= 15 is 0 Å². The van der Waals surface area contributed by atoms with Crippen LogP contribution in [0.2, 0.25) is 0 Å². The lowest BCUT2D eigenvalue weighted by Gasteiger charge is -2.45. The monoisotopic (exact) mass is 268 g/mol. The number of pyridine rings is 1. The Kier molecular flexibility index (Phi) is 2.79. The molecule has 0 saturated carbocycles. The molecule has 104 valence electrons. The van der Waals surface area contributed by atoms with Crippen molar-refractivity contribution in [1.29, 1.82) is 0 Å². The van der Waals surface area contributed by atoms with Crippen molar-refractivity contribution >= 4 is 10.8 Å². The molecule has 0 radical (unpaired) electrons. The van der Waals surface area contributed by atoms with Crippen molar-refractivity contribution in [2.75, 3.05) is 0 Å². The van der Waals surface area contributed by atoms with Gasteiger partial charge in [-0.2, -0.15) is 0 Å². The minimum absolute atomic E-state index is 0.458. The number of hydrogen-bond acceptors (Lipinski definition) is 3. The Labute approximate surface area is 119 Å². The summed E-state index contributed by atoms with van der Waals surface area (Å²) in [7, 11) is 0. The van der Waals surface area contributed by atoms with Gasteiger partial charge in [-0.15, -0.1) is 0 Å². The van der Waals surface area contributed by atoms with Crippen LogP contribution >= 0.6 is 0 Å². The zero-order valence-electron chi connectivity index (χ0n) is 11.5. The van der Waals surface area contributed by atoms with Crippen LogP contribution in [-0.2, 0) is 5.60 Å². The quantitative estimate of drug-likeness (QED) is 0.836. The van der Waals surface area contributed by atoms with Crippen LogP contribution in [0.3, 0.4) is 0 Å². The Morgan fingerprint density at radius 1 is 1.15 bits per heavy atom. The third-order valence-electron chi connectivity index (χ3n) is 4.93. The maximum Gasteiger partial charge on any atom is 0.0932 e. The summed E-state index contributed by atoms with van der Waals surface area (Å²) in [6.45, 7) is 0. The van der Waals surface area contributed by atoms with E-state index in [9.17, 15) is 5.11 Å². The van der Waals surface area contributed by atoms with Crippen molar-refractivity contribution in [2.24, 2.45) is 0 Å². The van der Waals surface area contributed by atoms with Gasteiger partial charge in [-0.25, -0.2) is 0 Å². The summed E-state index contributed by atoms with van der Waals surface area (Å²) < 4.78 is 0. The number of nitrogens with zero attached hydrogens (tertiary/aromatic N) is 1. The number of fused-ring (bicyclic) bond motifs is 3. The SMILES string of the molecule is OC1(c2cccc3ccncc23)CC2CCCC(C1)N2. The number of hydrogen-bond donors (Lipinski definition) is 2. The standard InChI is InChI=1S/C17H20N2O/c20-17(9-13-4-2-5-14(10-17)19-13)16-6-1-3-12-7-8-18-11-15(12)16/h1,3,6-8,11,13-14,19-20H,2,4-5,9-10H2. The van der Waals surface area contributed by atoms with E-state index in [1.807, 2.05) is 24.5 Å². The highest BCUT2D eigenvalue weighted by atomic mass is 16.3. The molecule has 2 bridgehead atoms. The number of piperidine rings is 2. The number of nitrogens with one attached hydrogen (secondary N) is 1. The number of rotatable bonds is 1. The summed E-state index contributed by atoms with van der Waals surface area (Å²) in [5, 5.41) is 17.2. The first-order valence-electron chi connectivity index (χ1n) is 7.56. The fourth-order valence-corrected chi connectivity index (χ4v) is 4.07. The molecule has 1 aromatic carbocycles. The molecule has 2 unspecified atom stereocenters. The number of benzene rings is 1. The first-order valence-corrected chi connectivity index (χ1v) is 7.56. The van der Waals surface area contributed by atoms with Crippen LogP contribution in [0.25, 0.3) is 10.8 Å². The summed E-state index contributed by atoms with van der Waals surface area (Å²) >= 11 is 0. The van der Waals surface area contributed by atoms with Gasteiger partial charge in [0.05, 0.1) is 5.60 Å². The van der Waals surface area contributed by atoms with E-state index in [0.717, 1.165) is 29.2 Å². The third kappa shape index (κ3) is 1.93. The lowest BCUT2D eigenvalue weighted by molar-refractivity contribution is -0.0347. The summed E-state index contributed by atoms with van der Waals surface area (Å²) in [5.41, 5.74) is 0.352. The average Bonchev–Trinajstić information content (AvgIpc) is 2.46. The van der Waals surface area contributed by atoms with Gasteiger partial charge < -0.3 is 10.4 Å². The Morgan fingerprint density at radius 3 is 2.75 bits per heavy atom. The van der Waals surface area contributed by atoms with Crippen LogP contribution in [0.4, 0.5) is 0 Å². The van der Waals surface area contributed by atoms with Crippen molar-refractivity contribution < 1.29 is 5.11 Å². The van der Waals surface area contributed by atoms with Crippen molar-refractivity contribution in [3.63, 3.8) is 0 Å². The highest BCUT2D eigenvalue weighted by Gasteiger charge is 2.42. The molecule has 2 fully saturated rings. The van der Waals surface area contributed by atoms with Crippen molar-refractivity contribution in [2.45, 2.75) is 49.8 Å². The van der Waals surface area contributed by atoms with Crippen LogP contribution in [0.5, 0.6) is 0 Å². The Balaban J connectivity index is 1.81. The van der Waals surface area contributed by atoms with Crippen molar-refractivity contribution in [1.82, 2.24) is 10.3 Å². The van der Waals surface area contributed by atoms with E-state index in [2.05, 4.69) is 22.4 Å². The van der Waals surface area contributed by atoms with Gasteiger partial charge in [0.1, 0.15) is 0 Å². The molecule has 0 amide bonds. The summed E-state index contributed by atoms with van der Waals surface area (Å²) in [6.07, 6.45) is 8.99. The zero-order chi connectivity index (χ0) is 13.6. The predicted octanol–water partition coefficient (Wildman–Crippen LogP) is 2.73. The van der Waals surface area contributed by atoms with Gasteiger partial charge in [0, 0.05) is 29.9 Å². The van der Waals surface area contributed by atoms with Crippen LogP contribution in [0, 0.1) is 0 Å². The molecular weight excluding hydrogens is 248 g/mol. The van der Waals surface area contributed by atoms with Gasteiger partial charge >= 0.3 is 0 Å². The van der Waals surface area contributed by atoms with Gasteiger partial charge in [0.25, 0.3) is 0 Å². The maximum absolute atomic E-state index is 11.3. The fourth-order valence-electron chi connectivity index (χ4n) is 4.07. The third-order valence-corrected chi connectivity index (χ3v) is 4.93. The number of aliphatic hydroxyl groups is 1. The Morgan fingerprint density at radius 2 is 1.95 bits per heavy atom. The van der Waals surface area contributed by atoms with E-state index in [0.29, 0.717) is 12.1 Å². The van der Waals surface area contributed by atoms with Gasteiger partial charge in [0.15, 0.2) is 0 Å². The minimum Gasteiger partial charge on any atom is -0.385 e. The molecule has 2 aliphatic rings. The minimum atomic E-state index is -0.705. The smallest absolute Gasteiger partial charge is 0.0932 e. The second-order valence-corrected chi connectivity index (χ2v) is 6.33. The molecule has 1 aromatic heterocycles. The molecule has 3 heterocycles. The van der Waals surface area contributed by atoms with E-state index in [1.54, 1.807) is 0 Å². The highest BCUT2D eigenvalue weighted by Crippen LogP contribution is 2.41. The van der Waals surface area contributed by atoms with Gasteiger partial charge in [-0.1, -0.05) is 24.6 Å². The average molecular weight is 268 g/mol. The molecule has 2 aromatic rings. The fraction of sp³-hybridized carbons (Fsp3) is 0.471. The van der Waals surface area contributed by atoms with Crippen LogP contribution in [-0.4, -0.2) is 22.2 Å². The van der Waals surface area contributed by atoms with Gasteiger partial charge in [-0.05, 0) is 42.7 Å². The normalized spacial score (nSPS) is 33.2. The molecule has 3 heteroatoms. The molecule has 4 rings (SSSR count). The second-order valence-electron chi connectivity index (χ2n) is 6.33. The largest absolute Gasteiger partial charge is 0.385 e. The predicted molar refractivity (Wildman–Crippen MR) is 79.4 cm³/mol. The summed E-state index contributed by atoms with van der Waals surface area (Å²) in [5.74, 6) is 0. The van der Waals surface area contributed by atoms with E-state index in [4.69, 9.17) is 0 Å². The molecule has 20 heavy (non-hydrogen) atoms. The van der Waals surface area contributed by atoms with Gasteiger partial charge in [-0.3, -0.25) is 4.98 Å². The highest BCUT2D eigenvalue weighted by molar-refractivity contribution is 5.85. The summed E-state index contributed by atoms with van der Waals surface area (Å²) in [6, 6.07) is 9.15. The molecule has 0 spiro atoms. The molecule has 2 aliphatic heterocycles. The van der Waals surface area contributed by atoms with E-state index in [-0.39, 0.29) is 0 Å². The van der Waals surface area contributed by atoms with Crippen LogP contribution < -0.4 is 5.32 Å². The van der Waals surface area contributed by atoms with Gasteiger partial charge in [0.2, 0.25) is 0 Å². The van der Waals surface area contributed by atoms with E-state index in [1.165, 1.54) is 19.3 Å². The number of aromatic nitrogens is 1. The van der Waals surface area contributed by atoms with Crippen LogP contribution in [0.15, 0.2) is 36.7 Å². The molecule has 2 atom stereocenters. The Bertz CT molecular complexity index is 622. The topological polar surface area (TPSA) is 45.2 Å². The van der Waals surface area contributed by atoms with Crippen LogP contribution in [0.1, 0.15) is 37.7 Å². The summed E-state index contributed by atoms with van der Waals surface area (Å²) in [4.78, 5) is 4.24. The maximum atomic E-state index is 11.3. The lowest BCUT2D eigenvalue weighted by atomic mass is 9.73. The zero-order valence-corrected chi connectivity index (χ0v) is 11.5. The molecule has 2 N–H and O–H groups in total. The van der Waals surface area contributed by atoms with Crippen molar-refractivity contribution in [3.05, 3.63) is 42.2 Å². The first-order chi connectivity index (χ1) is 9.74. The molecular formula is C17H20N2O. The second kappa shape index (κ2) is 4.54. The van der Waals surface area contributed by atoms with E-state index < -0.39 is 5.60 Å². The molecule has 3 nitrogen and oxygen atoms in total.